The van der Waals surface area contributed by atoms with Crippen LogP contribution in [-0.4, -0.2) is 288 Å². The Bertz CT molecular complexity index is 2340. The van der Waals surface area contributed by atoms with E-state index >= 15 is 0 Å². The van der Waals surface area contributed by atoms with E-state index in [1.54, 1.807) is 0 Å². The highest BCUT2D eigenvalue weighted by molar-refractivity contribution is 7.48. The topological polar surface area (TPSA) is 680 Å². The van der Waals surface area contributed by atoms with E-state index < -0.39 is 234 Å². The van der Waals surface area contributed by atoms with E-state index in [2.05, 4.69) is 18.1 Å². The van der Waals surface area contributed by atoms with Crippen LogP contribution in [0.2, 0.25) is 0 Å². The molecule has 0 radical (unpaired) electrons. The molecule has 43 nitrogen and oxygen atoms in total. The molecule has 23 atom stereocenters. The standard InChI is InChI=1S/C30H56O43P6/c31-1-11(34)3-60-75(49,50)62-8-16-22(70-76(51,52)61-4-12(35)2-32)23(71-79(57,58)65-10-30(45)26(42)19(38)14(69-30)6-59-74(46,47)48)24(72-77(53,54)64-7-15-18(37)25(41)29(44,9-33)68-15)28(67-16)73-78(55,56)63-5-13-17(36)20(39)21(40)27(43)66-13/h13-28,31-33,36-45H,1-10H2,(H,49,50)(H,51,52)(H,53,54)(H,55,56)(H,57,58)(H2,46,47,48)/t13-,14-,15-,16-,17-,18-,19-,20+,21-,22-,23+,24-,25+,26+,27+,28-,29-,30-/m1/s1. The van der Waals surface area contributed by atoms with Gasteiger partial charge in [-0.25, -0.2) is 27.4 Å². The molecule has 0 aromatic carbocycles. The Morgan fingerprint density at radius 3 is 1.37 bits per heavy atom. The summed E-state index contributed by atoms with van der Waals surface area (Å²) in [7, 11) is -36.4. The van der Waals surface area contributed by atoms with Crippen LogP contribution >= 0.6 is 46.9 Å². The van der Waals surface area contributed by atoms with E-state index in [0.717, 1.165) is 0 Å². The number of ketones is 2. The van der Waals surface area contributed by atoms with Gasteiger partial charge in [-0.2, -0.15) is 0 Å². The Kier molecular flexibility index (Phi) is 25.3. The quantitative estimate of drug-likeness (QED) is 0.0278. The van der Waals surface area contributed by atoms with Gasteiger partial charge in [-0.3, -0.25) is 59.4 Å². The number of carbonyl (C=O) groups is 2. The molecule has 5 unspecified atom stereocenters. The van der Waals surface area contributed by atoms with Crippen molar-refractivity contribution in [2.45, 2.75) is 110 Å². The molecule has 0 aromatic rings. The molecule has 79 heavy (non-hydrogen) atoms. The van der Waals surface area contributed by atoms with E-state index in [-0.39, 0.29) is 0 Å². The molecule has 0 aromatic heterocycles. The first-order valence-corrected chi connectivity index (χ1v) is 30.5. The Labute approximate surface area is 440 Å². The van der Waals surface area contributed by atoms with Crippen molar-refractivity contribution >= 4 is 58.5 Å². The van der Waals surface area contributed by atoms with Crippen molar-refractivity contribution in [2.24, 2.45) is 0 Å². The summed E-state index contributed by atoms with van der Waals surface area (Å²) in [6.45, 7) is -15.3. The van der Waals surface area contributed by atoms with Crippen LogP contribution in [-0.2, 0) is 106 Å². The number of Topliss-reactive ketones (excluding diaryl/α,β-unsaturated/α-hetero) is 2. The Balaban J connectivity index is 1.87. The normalized spacial score (nSPS) is 39.2. The molecule has 0 amide bonds. The highest BCUT2D eigenvalue weighted by Gasteiger charge is 2.60. The van der Waals surface area contributed by atoms with Gasteiger partial charge in [0.15, 0.2) is 30.3 Å². The molecular formula is C30H56O43P6. The van der Waals surface area contributed by atoms with E-state index in [0.29, 0.717) is 0 Å². The van der Waals surface area contributed by atoms with Crippen molar-refractivity contribution in [1.82, 2.24) is 0 Å². The number of phosphoric acid groups is 6. The number of rotatable bonds is 32. The monoisotopic (exact) mass is 1290 g/mol. The van der Waals surface area contributed by atoms with E-state index in [1.165, 1.54) is 0 Å². The summed E-state index contributed by atoms with van der Waals surface area (Å²) < 4.78 is 151. The minimum atomic E-state index is -6.52. The van der Waals surface area contributed by atoms with Crippen LogP contribution in [0.5, 0.6) is 0 Å². The third-order valence-electron chi connectivity index (χ3n) is 10.7. The molecule has 4 fully saturated rings. The molecule has 49 heteroatoms. The second-order valence-corrected chi connectivity index (χ2v) is 25.0. The van der Waals surface area contributed by atoms with Crippen molar-refractivity contribution in [2.75, 3.05) is 66.1 Å². The van der Waals surface area contributed by atoms with Crippen molar-refractivity contribution in [3.63, 3.8) is 0 Å². The highest BCUT2D eigenvalue weighted by atomic mass is 31.2. The number of hydrogen-bond donors (Lipinski definition) is 20. The van der Waals surface area contributed by atoms with Gasteiger partial charge in [0.1, 0.15) is 112 Å². The lowest BCUT2D eigenvalue weighted by molar-refractivity contribution is -0.288. The minimum absolute atomic E-state index is 1.29. The zero-order chi connectivity index (χ0) is 60.1. The summed E-state index contributed by atoms with van der Waals surface area (Å²) in [4.78, 5) is 95.9. The number of carbonyl (C=O) groups excluding carboxylic acids is 2. The maximum atomic E-state index is 14.0. The number of phosphoric ester groups is 6. The summed E-state index contributed by atoms with van der Waals surface area (Å²) in [6.07, 6.45) is -41.1. The van der Waals surface area contributed by atoms with Crippen LogP contribution in [0.4, 0.5) is 0 Å². The molecule has 4 saturated heterocycles. The maximum Gasteiger partial charge on any atom is 0.474 e. The molecule has 464 valence electrons. The predicted octanol–water partition coefficient (Wildman–Crippen LogP) is -9.87. The summed E-state index contributed by atoms with van der Waals surface area (Å²) in [5, 5.41) is 131. The van der Waals surface area contributed by atoms with Crippen LogP contribution in [0, 0.1) is 0 Å². The third-order valence-corrected chi connectivity index (χ3v) is 16.0. The van der Waals surface area contributed by atoms with Gasteiger partial charge in [-0.15, -0.1) is 0 Å². The van der Waals surface area contributed by atoms with Crippen LogP contribution < -0.4 is 0 Å². The smallest absolute Gasteiger partial charge is 0.391 e. The molecule has 0 aliphatic carbocycles. The van der Waals surface area contributed by atoms with Gasteiger partial charge >= 0.3 is 46.9 Å². The van der Waals surface area contributed by atoms with E-state index in [1.807, 2.05) is 0 Å². The van der Waals surface area contributed by atoms with Gasteiger partial charge in [0.2, 0.25) is 11.6 Å². The molecule has 4 aliphatic heterocycles. The molecule has 0 spiro atoms. The highest BCUT2D eigenvalue weighted by Crippen LogP contribution is 2.58. The fourth-order valence-electron chi connectivity index (χ4n) is 6.78. The largest absolute Gasteiger partial charge is 0.474 e. The molecule has 0 bridgehead atoms. The molecule has 20 N–H and O–H groups in total. The Morgan fingerprint density at radius 2 is 0.848 bits per heavy atom. The SMILES string of the molecule is O=C(CO)COP(=O)(O)OC[C@H]1O[C@H](OP(=O)(O)OC[C@H]2O[C@H](O)[C@H](O)[C@@H](O)[C@@H]2O)[C@H](OP(=O)(O)OC[C@H]2O[C@](O)(CO)[C@@H](O)[C@@H]2O)[C@@H](OP(=O)(O)OC[C@@]2(O)O[C@H](COP(=O)(O)O)[C@@H](O)[C@@H]2O)[C@@H]1OP(=O)(O)OCC(=O)CO. The second-order valence-electron chi connectivity index (χ2n) is 16.7. The Hall–Kier alpha value is -0.680. The number of ether oxygens (including phenoxy) is 4. The lowest BCUT2D eigenvalue weighted by atomic mass is 9.99. The van der Waals surface area contributed by atoms with Crippen molar-refractivity contribution in [1.29, 1.82) is 0 Å². The summed E-state index contributed by atoms with van der Waals surface area (Å²) in [6, 6.07) is 0. The van der Waals surface area contributed by atoms with Gasteiger partial charge in [0, 0.05) is 0 Å². The molecular weight excluding hydrogens is 1230 g/mol. The number of aliphatic hydroxyl groups excluding tert-OH is 11. The summed E-state index contributed by atoms with van der Waals surface area (Å²) in [5.74, 6) is -9.13. The van der Waals surface area contributed by atoms with Crippen molar-refractivity contribution in [3.05, 3.63) is 0 Å². The van der Waals surface area contributed by atoms with Crippen molar-refractivity contribution < 1.29 is 206 Å². The molecule has 4 rings (SSSR count). The molecule has 4 aliphatic rings. The average molecular weight is 1290 g/mol. The minimum Gasteiger partial charge on any atom is -0.391 e. The Morgan fingerprint density at radius 1 is 0.430 bits per heavy atom. The second kappa shape index (κ2) is 28.2. The maximum absolute atomic E-state index is 14.0. The first kappa shape index (κ1) is 70.8. The van der Waals surface area contributed by atoms with Crippen LogP contribution in [0.25, 0.3) is 0 Å². The van der Waals surface area contributed by atoms with Gasteiger partial charge < -0.3 is 120 Å². The fourth-order valence-corrected chi connectivity index (χ4v) is 11.5. The predicted molar refractivity (Wildman–Crippen MR) is 231 cm³/mol. The summed E-state index contributed by atoms with van der Waals surface area (Å²) >= 11 is 0. The number of hydrogen-bond acceptors (Lipinski definition) is 36. The number of aliphatic hydroxyl groups is 13. The van der Waals surface area contributed by atoms with Gasteiger partial charge in [-0.05, 0) is 0 Å². The molecule has 4 heterocycles. The first-order chi connectivity index (χ1) is 36.1. The average Bonchev–Trinajstić information content (AvgIpc) is 3.73. The fraction of sp³-hybridized carbons (Fsp3) is 0.933. The molecule has 0 saturated carbocycles. The van der Waals surface area contributed by atoms with Crippen molar-refractivity contribution in [3.8, 4) is 0 Å². The van der Waals surface area contributed by atoms with Gasteiger partial charge in [-0.1, -0.05) is 0 Å². The van der Waals surface area contributed by atoms with Gasteiger partial charge in [0.25, 0.3) is 0 Å². The first-order valence-electron chi connectivity index (χ1n) is 21.5. The summed E-state index contributed by atoms with van der Waals surface area (Å²) in [5.41, 5.74) is 0. The van der Waals surface area contributed by atoms with E-state index in [4.69, 9.17) is 70.6 Å². The van der Waals surface area contributed by atoms with E-state index in [9.17, 15) is 118 Å². The van der Waals surface area contributed by atoms with Crippen LogP contribution in [0.3, 0.4) is 0 Å². The van der Waals surface area contributed by atoms with Crippen LogP contribution in [0.1, 0.15) is 0 Å². The third kappa shape index (κ3) is 20.2. The lowest BCUT2D eigenvalue weighted by Crippen LogP contribution is -2.61. The zero-order valence-corrected chi connectivity index (χ0v) is 44.7. The zero-order valence-electron chi connectivity index (χ0n) is 39.3. The lowest BCUT2D eigenvalue weighted by Gasteiger charge is -2.45. The van der Waals surface area contributed by atoms with Crippen LogP contribution in [0.15, 0.2) is 0 Å². The van der Waals surface area contributed by atoms with Gasteiger partial charge in [0.05, 0.1) is 33.0 Å².